The Hall–Kier alpha value is -3.20. The van der Waals surface area contributed by atoms with Crippen LogP contribution in [0.2, 0.25) is 0 Å². The lowest BCUT2D eigenvalue weighted by atomic mass is 9.95. The Morgan fingerprint density at radius 2 is 1.97 bits per heavy atom. The minimum absolute atomic E-state index is 0.140. The first-order valence-corrected chi connectivity index (χ1v) is 10.5. The van der Waals surface area contributed by atoms with E-state index in [2.05, 4.69) is 10.6 Å². The van der Waals surface area contributed by atoms with Crippen molar-refractivity contribution in [2.24, 2.45) is 0 Å². The highest BCUT2D eigenvalue weighted by atomic mass is 32.1. The molecule has 0 fully saturated rings. The third-order valence-electron chi connectivity index (χ3n) is 5.06. The molecule has 1 aliphatic heterocycles. The highest BCUT2D eigenvalue weighted by Crippen LogP contribution is 2.38. The zero-order chi connectivity index (χ0) is 21.3. The molecule has 0 spiro atoms. The number of aryl methyl sites for hydroxylation is 1. The Morgan fingerprint density at radius 3 is 2.77 bits per heavy atom. The van der Waals surface area contributed by atoms with Gasteiger partial charge < -0.3 is 15.4 Å². The van der Waals surface area contributed by atoms with Gasteiger partial charge >= 0.3 is 5.97 Å². The number of amides is 3. The smallest absolute Gasteiger partial charge is 0.341 e. The van der Waals surface area contributed by atoms with E-state index in [-0.39, 0.29) is 18.4 Å². The molecule has 0 bridgehead atoms. The minimum Gasteiger partial charge on any atom is -0.452 e. The summed E-state index contributed by atoms with van der Waals surface area (Å²) in [5.74, 6) is -1.71. The lowest BCUT2D eigenvalue weighted by Crippen LogP contribution is -2.44. The van der Waals surface area contributed by atoms with Crippen LogP contribution in [-0.4, -0.2) is 36.8 Å². The largest absolute Gasteiger partial charge is 0.452 e. The molecule has 30 heavy (non-hydrogen) atoms. The molecular formula is C21H21N3O5S. The Bertz CT molecular complexity index is 1050. The van der Waals surface area contributed by atoms with Crippen LogP contribution in [0.25, 0.3) is 0 Å². The molecule has 2 aliphatic rings. The topological polar surface area (TPSA) is 105 Å². The van der Waals surface area contributed by atoms with Gasteiger partial charge in [0.2, 0.25) is 11.8 Å². The summed E-state index contributed by atoms with van der Waals surface area (Å²) < 4.78 is 5.33. The number of nitrogens with one attached hydrogen (secondary N) is 2. The number of rotatable bonds is 4. The maximum atomic E-state index is 12.9. The van der Waals surface area contributed by atoms with Crippen molar-refractivity contribution in [3.05, 3.63) is 40.3 Å². The van der Waals surface area contributed by atoms with Crippen molar-refractivity contribution in [3.63, 3.8) is 0 Å². The highest BCUT2D eigenvalue weighted by Gasteiger charge is 2.30. The zero-order valence-electron chi connectivity index (χ0n) is 16.4. The molecule has 2 aromatic rings. The normalized spacial score (nSPS) is 15.0. The number of hydrogen-bond acceptors (Lipinski definition) is 6. The Labute approximate surface area is 177 Å². The predicted octanol–water partition coefficient (Wildman–Crippen LogP) is 2.73. The minimum atomic E-state index is -0.638. The van der Waals surface area contributed by atoms with E-state index in [9.17, 15) is 19.2 Å². The van der Waals surface area contributed by atoms with Gasteiger partial charge in [-0.15, -0.1) is 11.3 Å². The molecule has 8 nitrogen and oxygen atoms in total. The fourth-order valence-electron chi connectivity index (χ4n) is 3.76. The molecule has 1 aliphatic carbocycles. The van der Waals surface area contributed by atoms with Crippen molar-refractivity contribution in [3.8, 4) is 0 Å². The van der Waals surface area contributed by atoms with Crippen LogP contribution in [-0.2, 0) is 32.0 Å². The average molecular weight is 427 g/mol. The van der Waals surface area contributed by atoms with Crippen LogP contribution >= 0.6 is 11.3 Å². The Balaban J connectivity index is 1.52. The average Bonchev–Trinajstić information content (AvgIpc) is 3.08. The van der Waals surface area contributed by atoms with Crippen LogP contribution in [0.1, 0.15) is 40.6 Å². The van der Waals surface area contributed by atoms with E-state index in [0.29, 0.717) is 21.9 Å². The monoisotopic (exact) mass is 427 g/mol. The van der Waals surface area contributed by atoms with E-state index in [1.165, 1.54) is 23.2 Å². The first-order valence-electron chi connectivity index (χ1n) is 9.72. The summed E-state index contributed by atoms with van der Waals surface area (Å²) in [6.45, 7) is 0.749. The van der Waals surface area contributed by atoms with Gasteiger partial charge in [0.25, 0.3) is 5.91 Å². The number of hydrogen-bond donors (Lipinski definition) is 2. The van der Waals surface area contributed by atoms with Crippen molar-refractivity contribution in [1.82, 2.24) is 0 Å². The molecule has 3 amide bonds. The van der Waals surface area contributed by atoms with E-state index in [0.717, 1.165) is 36.1 Å². The molecule has 0 radical (unpaired) electrons. The molecule has 2 heterocycles. The molecule has 1 aromatic heterocycles. The number of esters is 1. The fraction of sp³-hybridized carbons (Fsp3) is 0.333. The second kappa shape index (κ2) is 8.27. The molecule has 9 heteroatoms. The van der Waals surface area contributed by atoms with Crippen LogP contribution < -0.4 is 15.5 Å². The van der Waals surface area contributed by atoms with E-state index in [1.54, 1.807) is 24.3 Å². The van der Waals surface area contributed by atoms with Crippen LogP contribution in [0, 0.1) is 0 Å². The molecule has 156 valence electrons. The van der Waals surface area contributed by atoms with Crippen molar-refractivity contribution in [2.45, 2.75) is 32.6 Å². The number of nitrogens with zero attached hydrogens (tertiary/aromatic N) is 1. The third-order valence-corrected chi connectivity index (χ3v) is 6.27. The first-order chi connectivity index (χ1) is 14.4. The third kappa shape index (κ3) is 3.93. The molecule has 2 N–H and O–H groups in total. The van der Waals surface area contributed by atoms with E-state index in [1.807, 2.05) is 0 Å². The summed E-state index contributed by atoms with van der Waals surface area (Å²) in [5, 5.41) is 5.89. The SMILES string of the molecule is CC(=O)Nc1sc2c(c1C(=O)OCC(=O)N1CC(=O)Nc3ccccc31)CCCC2. The maximum Gasteiger partial charge on any atom is 0.341 e. The number of carbonyl (C=O) groups excluding carboxylic acids is 4. The van der Waals surface area contributed by atoms with Crippen LogP contribution in [0.5, 0.6) is 0 Å². The molecule has 0 unspecified atom stereocenters. The summed E-state index contributed by atoms with van der Waals surface area (Å²) in [5.41, 5.74) is 2.34. The van der Waals surface area contributed by atoms with Gasteiger partial charge in [-0.1, -0.05) is 12.1 Å². The lowest BCUT2D eigenvalue weighted by molar-refractivity contribution is -0.124. The van der Waals surface area contributed by atoms with Crippen molar-refractivity contribution in [2.75, 3.05) is 28.7 Å². The number of thiophene rings is 1. The van der Waals surface area contributed by atoms with Gasteiger partial charge in [-0.3, -0.25) is 19.3 Å². The number of benzene rings is 1. The Kier molecular flexibility index (Phi) is 5.54. The van der Waals surface area contributed by atoms with E-state index in [4.69, 9.17) is 4.74 Å². The lowest BCUT2D eigenvalue weighted by Gasteiger charge is -2.28. The zero-order valence-corrected chi connectivity index (χ0v) is 17.3. The molecule has 0 saturated heterocycles. The van der Waals surface area contributed by atoms with Crippen LogP contribution in [0.4, 0.5) is 16.4 Å². The number of ether oxygens (including phenoxy) is 1. The summed E-state index contributed by atoms with van der Waals surface area (Å²) in [6.07, 6.45) is 3.60. The van der Waals surface area contributed by atoms with Crippen molar-refractivity contribution < 1.29 is 23.9 Å². The first kappa shape index (κ1) is 20.1. The van der Waals surface area contributed by atoms with E-state index < -0.39 is 18.5 Å². The summed E-state index contributed by atoms with van der Waals surface area (Å²) in [4.78, 5) is 51.5. The number of carbonyl (C=O) groups is 4. The van der Waals surface area contributed by atoms with Crippen molar-refractivity contribution >= 4 is 51.4 Å². The second-order valence-corrected chi connectivity index (χ2v) is 8.32. The number of para-hydroxylation sites is 2. The van der Waals surface area contributed by atoms with Crippen molar-refractivity contribution in [1.29, 1.82) is 0 Å². The second-order valence-electron chi connectivity index (χ2n) is 7.22. The van der Waals surface area contributed by atoms with E-state index >= 15 is 0 Å². The molecule has 4 rings (SSSR count). The Morgan fingerprint density at radius 1 is 1.20 bits per heavy atom. The molecule has 0 atom stereocenters. The summed E-state index contributed by atoms with van der Waals surface area (Å²) in [7, 11) is 0. The summed E-state index contributed by atoms with van der Waals surface area (Å²) in [6, 6.07) is 6.95. The van der Waals surface area contributed by atoms with Crippen LogP contribution in [0.3, 0.4) is 0 Å². The highest BCUT2D eigenvalue weighted by molar-refractivity contribution is 7.17. The van der Waals surface area contributed by atoms with Gasteiger partial charge in [0.05, 0.1) is 16.9 Å². The fourth-order valence-corrected chi connectivity index (χ4v) is 5.09. The van der Waals surface area contributed by atoms with Gasteiger partial charge in [-0.2, -0.15) is 0 Å². The maximum absolute atomic E-state index is 12.9. The molecule has 1 aromatic carbocycles. The number of fused-ring (bicyclic) bond motifs is 2. The quantitative estimate of drug-likeness (QED) is 0.730. The van der Waals surface area contributed by atoms with Gasteiger partial charge in [-0.05, 0) is 43.4 Å². The summed E-state index contributed by atoms with van der Waals surface area (Å²) >= 11 is 1.39. The van der Waals surface area contributed by atoms with Gasteiger partial charge in [0, 0.05) is 11.8 Å². The molecular weight excluding hydrogens is 406 g/mol. The predicted molar refractivity (Wildman–Crippen MR) is 113 cm³/mol. The standard InChI is InChI=1S/C21H21N3O5S/c1-12(25)22-20-19(13-6-2-5-9-16(13)30-20)21(28)29-11-18(27)24-10-17(26)23-14-7-3-4-8-15(14)24/h3-4,7-8H,2,5-6,9-11H2,1H3,(H,22,25)(H,23,26). The van der Waals surface area contributed by atoms with Crippen LogP contribution in [0.15, 0.2) is 24.3 Å². The van der Waals surface area contributed by atoms with Gasteiger partial charge in [0.15, 0.2) is 6.61 Å². The number of anilines is 3. The van der Waals surface area contributed by atoms with Gasteiger partial charge in [0.1, 0.15) is 11.5 Å². The van der Waals surface area contributed by atoms with Gasteiger partial charge in [-0.25, -0.2) is 4.79 Å². The molecule has 0 saturated carbocycles.